The fourth-order valence-corrected chi connectivity index (χ4v) is 3.81. The molecule has 1 aliphatic heterocycles. The van der Waals surface area contributed by atoms with Gasteiger partial charge in [0, 0.05) is 58.2 Å². The van der Waals surface area contributed by atoms with Crippen molar-refractivity contribution >= 4 is 35.8 Å². The van der Waals surface area contributed by atoms with E-state index >= 15 is 0 Å². The van der Waals surface area contributed by atoms with Gasteiger partial charge in [0.2, 0.25) is 0 Å². The van der Waals surface area contributed by atoms with Gasteiger partial charge in [-0.05, 0) is 43.4 Å². The van der Waals surface area contributed by atoms with Crippen LogP contribution in [0.1, 0.15) is 56.4 Å². The van der Waals surface area contributed by atoms with E-state index < -0.39 is 0 Å². The van der Waals surface area contributed by atoms with E-state index in [2.05, 4.69) is 71.3 Å². The van der Waals surface area contributed by atoms with Crippen LogP contribution in [0.2, 0.25) is 0 Å². The molecule has 0 aromatic carbocycles. The standard InChI is InChI=1S/C22H35N7.HI/c1-6-23-22(27(4)15-19-16-28(5)26-21(19)17(2)3)25-14-18-9-10-24-20(13-18)29-11-7-8-12-29;/h9-10,13,16-17H,6-8,11-12,14-15H2,1-5H3,(H,23,25);1H. The molecule has 0 atom stereocenters. The van der Waals surface area contributed by atoms with E-state index in [1.54, 1.807) is 0 Å². The summed E-state index contributed by atoms with van der Waals surface area (Å²) in [6.45, 7) is 10.9. The van der Waals surface area contributed by atoms with Gasteiger partial charge in [0.25, 0.3) is 0 Å². The third-order valence-corrected chi connectivity index (χ3v) is 5.24. The molecule has 30 heavy (non-hydrogen) atoms. The lowest BCUT2D eigenvalue weighted by atomic mass is 10.1. The second-order valence-corrected chi connectivity index (χ2v) is 8.11. The molecule has 0 amide bonds. The van der Waals surface area contributed by atoms with Crippen LogP contribution in [-0.2, 0) is 20.1 Å². The second kappa shape index (κ2) is 11.5. The van der Waals surface area contributed by atoms with E-state index in [4.69, 9.17) is 4.99 Å². The minimum Gasteiger partial charge on any atom is -0.357 e. The average molecular weight is 525 g/mol. The zero-order valence-electron chi connectivity index (χ0n) is 18.9. The van der Waals surface area contributed by atoms with E-state index in [9.17, 15) is 0 Å². The fourth-order valence-electron chi connectivity index (χ4n) is 3.81. The first-order chi connectivity index (χ1) is 14.0. The highest BCUT2D eigenvalue weighted by atomic mass is 127. The summed E-state index contributed by atoms with van der Waals surface area (Å²) >= 11 is 0. The van der Waals surface area contributed by atoms with Gasteiger partial charge in [-0.15, -0.1) is 24.0 Å². The van der Waals surface area contributed by atoms with Gasteiger partial charge in [0.15, 0.2) is 5.96 Å². The number of pyridine rings is 1. The van der Waals surface area contributed by atoms with Crippen molar-refractivity contribution in [2.24, 2.45) is 12.0 Å². The molecule has 0 unspecified atom stereocenters. The zero-order chi connectivity index (χ0) is 20.8. The minimum atomic E-state index is 0. The Morgan fingerprint density at radius 1 is 1.30 bits per heavy atom. The lowest BCUT2D eigenvalue weighted by molar-refractivity contribution is 0.473. The molecule has 1 saturated heterocycles. The van der Waals surface area contributed by atoms with Crippen LogP contribution in [0.25, 0.3) is 0 Å². The van der Waals surface area contributed by atoms with Crippen LogP contribution in [0, 0.1) is 0 Å². The van der Waals surface area contributed by atoms with Crippen molar-refractivity contribution in [2.45, 2.75) is 52.6 Å². The number of aliphatic imine (C=N–C) groups is 1. The summed E-state index contributed by atoms with van der Waals surface area (Å²) < 4.78 is 1.90. The SMILES string of the molecule is CCNC(=NCc1ccnc(N2CCCC2)c1)N(C)Cc1cn(C)nc1C(C)C.I. The van der Waals surface area contributed by atoms with Gasteiger partial charge < -0.3 is 15.1 Å². The molecule has 2 aromatic rings. The number of halogens is 1. The molecule has 3 rings (SSSR count). The Labute approximate surface area is 198 Å². The summed E-state index contributed by atoms with van der Waals surface area (Å²) in [4.78, 5) is 14.0. The number of anilines is 1. The van der Waals surface area contributed by atoms with Crippen molar-refractivity contribution in [3.05, 3.63) is 41.3 Å². The highest BCUT2D eigenvalue weighted by molar-refractivity contribution is 14.0. The summed E-state index contributed by atoms with van der Waals surface area (Å²) in [5.74, 6) is 2.39. The van der Waals surface area contributed by atoms with E-state index in [1.807, 2.05) is 17.9 Å². The van der Waals surface area contributed by atoms with Crippen molar-refractivity contribution in [1.82, 2.24) is 25.0 Å². The van der Waals surface area contributed by atoms with E-state index in [0.29, 0.717) is 12.5 Å². The van der Waals surface area contributed by atoms with Crippen molar-refractivity contribution in [3.63, 3.8) is 0 Å². The molecule has 1 aliphatic rings. The summed E-state index contributed by atoms with van der Waals surface area (Å²) in [5, 5.41) is 8.05. The molecule has 1 N–H and O–H groups in total. The first-order valence-electron chi connectivity index (χ1n) is 10.7. The van der Waals surface area contributed by atoms with Crippen LogP contribution in [0.15, 0.2) is 29.5 Å². The molecule has 166 valence electrons. The highest BCUT2D eigenvalue weighted by Crippen LogP contribution is 2.20. The van der Waals surface area contributed by atoms with E-state index in [0.717, 1.165) is 43.7 Å². The van der Waals surface area contributed by atoms with Crippen LogP contribution in [0.3, 0.4) is 0 Å². The van der Waals surface area contributed by atoms with E-state index in [1.165, 1.54) is 24.0 Å². The maximum atomic E-state index is 4.89. The first kappa shape index (κ1) is 24.4. The van der Waals surface area contributed by atoms with Crippen LogP contribution < -0.4 is 10.2 Å². The topological polar surface area (TPSA) is 61.6 Å². The Bertz CT molecular complexity index is 825. The van der Waals surface area contributed by atoms with Crippen LogP contribution in [0.5, 0.6) is 0 Å². The van der Waals surface area contributed by atoms with Gasteiger partial charge in [0.05, 0.1) is 12.2 Å². The summed E-state index contributed by atoms with van der Waals surface area (Å²) in [7, 11) is 4.07. The molecule has 8 heteroatoms. The number of nitrogens with one attached hydrogen (secondary N) is 1. The Morgan fingerprint density at radius 3 is 2.70 bits per heavy atom. The predicted octanol–water partition coefficient (Wildman–Crippen LogP) is 3.75. The maximum Gasteiger partial charge on any atom is 0.194 e. The Morgan fingerprint density at radius 2 is 2.03 bits per heavy atom. The summed E-state index contributed by atoms with van der Waals surface area (Å²) in [5.41, 5.74) is 3.59. The van der Waals surface area contributed by atoms with E-state index in [-0.39, 0.29) is 24.0 Å². The molecule has 2 aromatic heterocycles. The molecule has 0 spiro atoms. The second-order valence-electron chi connectivity index (χ2n) is 8.11. The molecular formula is C22H36IN7. The molecule has 0 radical (unpaired) electrons. The van der Waals surface area contributed by atoms with Crippen molar-refractivity contribution in [2.75, 3.05) is 31.6 Å². The molecule has 0 aliphatic carbocycles. The molecule has 0 bridgehead atoms. The van der Waals surface area contributed by atoms with Gasteiger partial charge in [-0.3, -0.25) is 4.68 Å². The van der Waals surface area contributed by atoms with Crippen molar-refractivity contribution in [3.8, 4) is 0 Å². The number of rotatable bonds is 7. The van der Waals surface area contributed by atoms with Crippen molar-refractivity contribution in [1.29, 1.82) is 0 Å². The minimum absolute atomic E-state index is 0. The van der Waals surface area contributed by atoms with Gasteiger partial charge >= 0.3 is 0 Å². The number of hydrogen-bond acceptors (Lipinski definition) is 4. The lowest BCUT2D eigenvalue weighted by Gasteiger charge is -2.22. The third-order valence-electron chi connectivity index (χ3n) is 5.24. The van der Waals surface area contributed by atoms with Crippen LogP contribution >= 0.6 is 24.0 Å². The lowest BCUT2D eigenvalue weighted by Crippen LogP contribution is -2.38. The number of guanidine groups is 1. The average Bonchev–Trinajstić information content (AvgIpc) is 3.35. The largest absolute Gasteiger partial charge is 0.357 e. The maximum absolute atomic E-state index is 4.89. The summed E-state index contributed by atoms with van der Waals surface area (Å²) in [6, 6.07) is 4.24. The first-order valence-corrected chi connectivity index (χ1v) is 10.7. The number of aromatic nitrogens is 3. The molecule has 7 nitrogen and oxygen atoms in total. The smallest absolute Gasteiger partial charge is 0.194 e. The fraction of sp³-hybridized carbons (Fsp3) is 0.591. The van der Waals surface area contributed by atoms with Crippen molar-refractivity contribution < 1.29 is 0 Å². The predicted molar refractivity (Wildman–Crippen MR) is 135 cm³/mol. The molecule has 0 saturated carbocycles. The summed E-state index contributed by atoms with van der Waals surface area (Å²) in [6.07, 6.45) is 6.53. The quantitative estimate of drug-likeness (QED) is 0.339. The van der Waals surface area contributed by atoms with Crippen LogP contribution in [0.4, 0.5) is 5.82 Å². The van der Waals surface area contributed by atoms with Gasteiger partial charge in [-0.1, -0.05) is 13.8 Å². The Kier molecular flexibility index (Phi) is 9.38. The normalized spacial score (nSPS) is 14.2. The Balaban J connectivity index is 0.00000320. The monoisotopic (exact) mass is 525 g/mol. The van der Waals surface area contributed by atoms with Gasteiger partial charge in [-0.25, -0.2) is 9.98 Å². The number of nitrogens with zero attached hydrogens (tertiary/aromatic N) is 6. The van der Waals surface area contributed by atoms with Gasteiger partial charge in [-0.2, -0.15) is 5.10 Å². The zero-order valence-corrected chi connectivity index (χ0v) is 21.3. The molecular weight excluding hydrogens is 489 g/mol. The number of aryl methyl sites for hydroxylation is 1. The van der Waals surface area contributed by atoms with Crippen LogP contribution in [-0.4, -0.2) is 52.3 Å². The highest BCUT2D eigenvalue weighted by Gasteiger charge is 2.16. The molecule has 3 heterocycles. The van der Waals surface area contributed by atoms with Gasteiger partial charge in [0.1, 0.15) is 5.82 Å². The molecule has 1 fully saturated rings. The third kappa shape index (κ3) is 6.33. The Hall–Kier alpha value is -1.84. The number of hydrogen-bond donors (Lipinski definition) is 1.